The molecule has 0 unspecified atom stereocenters. The number of anilines is 1. The first-order valence-corrected chi connectivity index (χ1v) is 9.84. The van der Waals surface area contributed by atoms with Crippen LogP contribution in [0.25, 0.3) is 12.2 Å². The third-order valence-electron chi connectivity index (χ3n) is 5.21. The van der Waals surface area contributed by atoms with Crippen LogP contribution in [0.15, 0.2) is 36.4 Å². The first-order chi connectivity index (χ1) is 13.9. The lowest BCUT2D eigenvalue weighted by atomic mass is 9.98. The molecule has 2 N–H and O–H groups in total. The number of rotatable bonds is 1. The molecule has 0 bridgehead atoms. The van der Waals surface area contributed by atoms with Crippen LogP contribution in [0.1, 0.15) is 49.9 Å². The molecule has 0 saturated carbocycles. The van der Waals surface area contributed by atoms with Crippen molar-refractivity contribution in [2.24, 2.45) is 0 Å². The smallest absolute Gasteiger partial charge is 0.273 e. The zero-order chi connectivity index (χ0) is 22.3. The quantitative estimate of drug-likeness (QED) is 0.363. The molecule has 0 atom stereocenters. The van der Waals surface area contributed by atoms with Crippen molar-refractivity contribution in [1.82, 2.24) is 0 Å². The van der Waals surface area contributed by atoms with Crippen molar-refractivity contribution in [3.8, 4) is 11.5 Å². The van der Waals surface area contributed by atoms with E-state index in [1.54, 1.807) is 13.0 Å². The standard InChI is InChI=1S/C12H13NO3.C12H15NO/c1-8-9-6-7-12(2,3)16-11(9)5-4-10(8)13(14)15;1-8-9-6-7-12(2,3)14-11(9)5-4-10(8)13/h4-7H,1-3H3;4-7H,13H2,1-3H3. The zero-order valence-corrected chi connectivity index (χ0v) is 18.3. The molecule has 0 fully saturated rings. The van der Waals surface area contributed by atoms with Crippen molar-refractivity contribution in [2.75, 3.05) is 5.73 Å². The molecule has 6 heteroatoms. The van der Waals surface area contributed by atoms with Gasteiger partial charge < -0.3 is 15.2 Å². The van der Waals surface area contributed by atoms with Gasteiger partial charge in [0, 0.05) is 28.4 Å². The molecule has 0 saturated heterocycles. The SMILES string of the molecule is Cc1c(N)ccc2c1C=CC(C)(C)O2.Cc1c([N+](=O)[O-])ccc2c1C=CC(C)(C)O2. The van der Waals surface area contributed by atoms with E-state index in [0.717, 1.165) is 28.1 Å². The van der Waals surface area contributed by atoms with Crippen molar-refractivity contribution in [3.63, 3.8) is 0 Å². The normalized spacial score (nSPS) is 16.9. The second kappa shape index (κ2) is 7.52. The summed E-state index contributed by atoms with van der Waals surface area (Å²) in [5, 5.41) is 10.8. The van der Waals surface area contributed by atoms with Crippen molar-refractivity contribution in [1.29, 1.82) is 0 Å². The minimum absolute atomic E-state index is 0.131. The minimum Gasteiger partial charge on any atom is -0.483 e. The zero-order valence-electron chi connectivity index (χ0n) is 18.3. The fourth-order valence-electron chi connectivity index (χ4n) is 3.41. The number of ether oxygens (including phenoxy) is 2. The first-order valence-electron chi connectivity index (χ1n) is 9.84. The molecule has 2 aliphatic heterocycles. The number of hydrogen-bond acceptors (Lipinski definition) is 5. The van der Waals surface area contributed by atoms with Gasteiger partial charge in [0.2, 0.25) is 0 Å². The predicted molar refractivity (Wildman–Crippen MR) is 121 cm³/mol. The van der Waals surface area contributed by atoms with Gasteiger partial charge in [-0.1, -0.05) is 12.2 Å². The van der Waals surface area contributed by atoms with Crippen LogP contribution in [-0.4, -0.2) is 16.1 Å². The topological polar surface area (TPSA) is 87.6 Å². The molecule has 0 aliphatic carbocycles. The number of nitrogen functional groups attached to an aromatic ring is 1. The van der Waals surface area contributed by atoms with Crippen LogP contribution in [0.5, 0.6) is 11.5 Å². The lowest BCUT2D eigenvalue weighted by molar-refractivity contribution is -0.385. The summed E-state index contributed by atoms with van der Waals surface area (Å²) in [7, 11) is 0. The summed E-state index contributed by atoms with van der Waals surface area (Å²) in [6, 6.07) is 6.97. The van der Waals surface area contributed by atoms with Crippen LogP contribution in [-0.2, 0) is 0 Å². The summed E-state index contributed by atoms with van der Waals surface area (Å²) in [6.45, 7) is 11.7. The Hall–Kier alpha value is -3.28. The van der Waals surface area contributed by atoms with E-state index in [9.17, 15) is 10.1 Å². The Morgan fingerprint density at radius 3 is 1.80 bits per heavy atom. The maximum absolute atomic E-state index is 10.8. The highest BCUT2D eigenvalue weighted by atomic mass is 16.6. The average Bonchev–Trinajstić information content (AvgIpc) is 2.64. The van der Waals surface area contributed by atoms with Crippen molar-refractivity contribution < 1.29 is 14.4 Å². The Kier molecular flexibility index (Phi) is 5.37. The Bertz CT molecular complexity index is 1070. The van der Waals surface area contributed by atoms with E-state index in [1.165, 1.54) is 6.07 Å². The van der Waals surface area contributed by atoms with Crippen LogP contribution in [0, 0.1) is 24.0 Å². The Labute approximate surface area is 177 Å². The number of nitrogens with two attached hydrogens (primary N) is 1. The third kappa shape index (κ3) is 4.32. The fraction of sp³-hybridized carbons (Fsp3) is 0.333. The molecule has 0 spiro atoms. The van der Waals surface area contributed by atoms with E-state index in [1.807, 2.05) is 58.9 Å². The van der Waals surface area contributed by atoms with Gasteiger partial charge in [-0.05, 0) is 77.5 Å². The van der Waals surface area contributed by atoms with Gasteiger partial charge in [-0.3, -0.25) is 10.1 Å². The molecule has 0 aromatic heterocycles. The average molecular weight is 408 g/mol. The van der Waals surface area contributed by atoms with E-state index in [-0.39, 0.29) is 21.8 Å². The van der Waals surface area contributed by atoms with Gasteiger partial charge in [0.15, 0.2) is 0 Å². The molecule has 0 amide bonds. The van der Waals surface area contributed by atoms with Crippen LogP contribution in [0.4, 0.5) is 11.4 Å². The van der Waals surface area contributed by atoms with Crippen LogP contribution < -0.4 is 15.2 Å². The van der Waals surface area contributed by atoms with Crippen molar-refractivity contribution in [3.05, 3.63) is 68.8 Å². The molecule has 2 aromatic rings. The van der Waals surface area contributed by atoms with Crippen molar-refractivity contribution >= 4 is 23.5 Å². The molecule has 2 aliphatic rings. The molecular weight excluding hydrogens is 380 g/mol. The lowest BCUT2D eigenvalue weighted by Gasteiger charge is -2.28. The van der Waals surface area contributed by atoms with Gasteiger partial charge >= 0.3 is 0 Å². The second-order valence-corrected chi connectivity index (χ2v) is 8.65. The molecule has 2 heterocycles. The van der Waals surface area contributed by atoms with Gasteiger partial charge in [-0.25, -0.2) is 0 Å². The van der Waals surface area contributed by atoms with E-state index in [2.05, 4.69) is 12.2 Å². The van der Waals surface area contributed by atoms with Gasteiger partial charge in [0.25, 0.3) is 5.69 Å². The van der Waals surface area contributed by atoms with Gasteiger partial charge in [-0.15, -0.1) is 0 Å². The van der Waals surface area contributed by atoms with Gasteiger partial charge in [0.05, 0.1) is 4.92 Å². The summed E-state index contributed by atoms with van der Waals surface area (Å²) >= 11 is 0. The highest BCUT2D eigenvalue weighted by molar-refractivity contribution is 5.70. The summed E-state index contributed by atoms with van der Waals surface area (Å²) in [5.41, 5.74) is 9.85. The monoisotopic (exact) mass is 408 g/mol. The number of nitrogens with zero attached hydrogens (tertiary/aromatic N) is 1. The second-order valence-electron chi connectivity index (χ2n) is 8.65. The Morgan fingerprint density at radius 1 is 0.833 bits per heavy atom. The number of hydrogen-bond donors (Lipinski definition) is 1. The molecule has 30 heavy (non-hydrogen) atoms. The van der Waals surface area contributed by atoms with Crippen LogP contribution >= 0.6 is 0 Å². The summed E-state index contributed by atoms with van der Waals surface area (Å²) < 4.78 is 11.5. The highest BCUT2D eigenvalue weighted by Gasteiger charge is 2.25. The highest BCUT2D eigenvalue weighted by Crippen LogP contribution is 2.37. The number of nitro groups is 1. The molecule has 158 valence electrons. The van der Waals surface area contributed by atoms with Gasteiger partial charge in [0.1, 0.15) is 22.7 Å². The maximum atomic E-state index is 10.8. The third-order valence-corrected chi connectivity index (χ3v) is 5.21. The summed E-state index contributed by atoms with van der Waals surface area (Å²) in [6.07, 6.45) is 7.94. The summed E-state index contributed by atoms with van der Waals surface area (Å²) in [4.78, 5) is 10.4. The predicted octanol–water partition coefficient (Wildman–Crippen LogP) is 5.85. The number of benzene rings is 2. The number of fused-ring (bicyclic) bond motifs is 2. The van der Waals surface area contributed by atoms with Crippen LogP contribution in [0.2, 0.25) is 0 Å². The maximum Gasteiger partial charge on any atom is 0.273 e. The molecule has 6 nitrogen and oxygen atoms in total. The molecule has 0 radical (unpaired) electrons. The van der Waals surface area contributed by atoms with Crippen LogP contribution in [0.3, 0.4) is 0 Å². The Morgan fingerprint density at radius 2 is 1.30 bits per heavy atom. The first kappa shape index (κ1) is 21.4. The molecular formula is C24H28N2O4. The van der Waals surface area contributed by atoms with E-state index in [0.29, 0.717) is 11.3 Å². The van der Waals surface area contributed by atoms with Gasteiger partial charge in [-0.2, -0.15) is 0 Å². The lowest BCUT2D eigenvalue weighted by Crippen LogP contribution is -2.27. The Balaban J connectivity index is 0.000000172. The summed E-state index contributed by atoms with van der Waals surface area (Å²) in [5.74, 6) is 1.62. The molecule has 2 aromatic carbocycles. The van der Waals surface area contributed by atoms with E-state index >= 15 is 0 Å². The number of nitro benzene ring substituents is 1. The minimum atomic E-state index is -0.372. The van der Waals surface area contributed by atoms with E-state index < -0.39 is 0 Å². The van der Waals surface area contributed by atoms with Crippen molar-refractivity contribution in [2.45, 2.75) is 52.7 Å². The fourth-order valence-corrected chi connectivity index (χ4v) is 3.41. The van der Waals surface area contributed by atoms with E-state index in [4.69, 9.17) is 15.2 Å². The molecule has 4 rings (SSSR count). The largest absolute Gasteiger partial charge is 0.483 e.